The third-order valence-corrected chi connectivity index (χ3v) is 6.40. The smallest absolute Gasteiger partial charge is 0.266 e. The third-order valence-electron chi connectivity index (χ3n) is 5.47. The number of methoxy groups -OCH3 is 1. The van der Waals surface area contributed by atoms with Gasteiger partial charge in [0.2, 0.25) is 11.8 Å². The van der Waals surface area contributed by atoms with E-state index >= 15 is 0 Å². The predicted octanol–water partition coefficient (Wildman–Crippen LogP) is 2.18. The van der Waals surface area contributed by atoms with Crippen LogP contribution in [0.4, 0.5) is 0 Å². The molecule has 2 heterocycles. The van der Waals surface area contributed by atoms with E-state index in [0.29, 0.717) is 53.7 Å². The summed E-state index contributed by atoms with van der Waals surface area (Å²) in [6.45, 7) is 3.61. The first-order valence-corrected chi connectivity index (χ1v) is 11.3. The average molecular weight is 453 g/mol. The van der Waals surface area contributed by atoms with Crippen molar-refractivity contribution in [3.8, 4) is 11.4 Å². The minimum absolute atomic E-state index is 0.0210. The van der Waals surface area contributed by atoms with Gasteiger partial charge in [-0.1, -0.05) is 36.0 Å². The Hall–Kier alpha value is -3.33. The highest BCUT2D eigenvalue weighted by atomic mass is 32.2. The summed E-state index contributed by atoms with van der Waals surface area (Å²) in [5.41, 5.74) is 0.932. The molecule has 0 saturated carbocycles. The lowest BCUT2D eigenvalue weighted by Crippen LogP contribution is -2.50. The highest BCUT2D eigenvalue weighted by Gasteiger charge is 2.23. The largest absolute Gasteiger partial charge is 0.495 e. The lowest BCUT2D eigenvalue weighted by molar-refractivity contribution is -0.136. The first-order chi connectivity index (χ1) is 15.5. The number of hydrogen-bond donors (Lipinski definition) is 0. The molecule has 0 bridgehead atoms. The van der Waals surface area contributed by atoms with Crippen molar-refractivity contribution >= 4 is 34.5 Å². The summed E-state index contributed by atoms with van der Waals surface area (Å²) >= 11 is 1.22. The van der Waals surface area contributed by atoms with Crippen molar-refractivity contribution in [1.29, 1.82) is 0 Å². The van der Waals surface area contributed by atoms with E-state index in [2.05, 4.69) is 4.98 Å². The molecule has 0 aliphatic carbocycles. The maximum Gasteiger partial charge on any atom is 0.266 e. The van der Waals surface area contributed by atoms with Crippen molar-refractivity contribution in [2.75, 3.05) is 39.0 Å². The van der Waals surface area contributed by atoms with Crippen LogP contribution in [0.2, 0.25) is 0 Å². The SMILES string of the molecule is COc1ccccc1-n1c(SCC(=O)N2CCN(C(C)=O)CC2)nc2ccccc2c1=O. The number of hydrogen-bond acceptors (Lipinski definition) is 6. The lowest BCUT2D eigenvalue weighted by Gasteiger charge is -2.34. The van der Waals surface area contributed by atoms with Crippen LogP contribution in [0.25, 0.3) is 16.6 Å². The van der Waals surface area contributed by atoms with E-state index < -0.39 is 0 Å². The third kappa shape index (κ3) is 4.34. The molecule has 0 radical (unpaired) electrons. The number of thioether (sulfide) groups is 1. The molecule has 0 atom stereocenters. The van der Waals surface area contributed by atoms with Crippen LogP contribution in [0.1, 0.15) is 6.92 Å². The minimum atomic E-state index is -0.217. The molecule has 1 fully saturated rings. The number of fused-ring (bicyclic) bond motifs is 1. The van der Waals surface area contributed by atoms with Crippen LogP contribution in [-0.2, 0) is 9.59 Å². The summed E-state index contributed by atoms with van der Waals surface area (Å²) in [7, 11) is 1.55. The number of aromatic nitrogens is 2. The molecule has 2 aromatic carbocycles. The van der Waals surface area contributed by atoms with Gasteiger partial charge in [-0.2, -0.15) is 0 Å². The molecule has 4 rings (SSSR count). The zero-order valence-electron chi connectivity index (χ0n) is 18.0. The van der Waals surface area contributed by atoms with Gasteiger partial charge < -0.3 is 14.5 Å². The van der Waals surface area contributed by atoms with Crippen molar-refractivity contribution in [2.45, 2.75) is 12.1 Å². The van der Waals surface area contributed by atoms with Gasteiger partial charge in [-0.05, 0) is 24.3 Å². The van der Waals surface area contributed by atoms with E-state index in [4.69, 9.17) is 4.74 Å². The van der Waals surface area contributed by atoms with Gasteiger partial charge in [0.1, 0.15) is 5.75 Å². The summed E-state index contributed by atoms with van der Waals surface area (Å²) in [5, 5.41) is 0.920. The Kier molecular flexibility index (Phi) is 6.45. The fraction of sp³-hybridized carbons (Fsp3) is 0.304. The van der Waals surface area contributed by atoms with E-state index in [9.17, 15) is 14.4 Å². The van der Waals surface area contributed by atoms with Gasteiger partial charge in [-0.25, -0.2) is 4.98 Å². The van der Waals surface area contributed by atoms with E-state index in [1.54, 1.807) is 47.2 Å². The zero-order valence-corrected chi connectivity index (χ0v) is 18.8. The number of para-hydroxylation sites is 3. The summed E-state index contributed by atoms with van der Waals surface area (Å²) in [6.07, 6.45) is 0. The number of carbonyl (C=O) groups is 2. The Morgan fingerprint density at radius 2 is 1.66 bits per heavy atom. The Bertz CT molecular complexity index is 1220. The molecule has 1 saturated heterocycles. The number of amides is 2. The fourth-order valence-corrected chi connectivity index (χ4v) is 4.63. The predicted molar refractivity (Wildman–Crippen MR) is 123 cm³/mol. The van der Waals surface area contributed by atoms with Crippen LogP contribution in [0.15, 0.2) is 58.5 Å². The minimum Gasteiger partial charge on any atom is -0.495 e. The van der Waals surface area contributed by atoms with Gasteiger partial charge in [0.05, 0.1) is 29.5 Å². The standard InChI is InChI=1S/C23H24N4O4S/c1-16(28)25-11-13-26(14-12-25)21(29)15-32-23-24-18-8-4-3-7-17(18)22(30)27(23)19-9-5-6-10-20(19)31-2/h3-10H,11-15H2,1-2H3. The molecule has 1 aliphatic heterocycles. The second-order valence-electron chi connectivity index (χ2n) is 7.40. The number of rotatable bonds is 5. The van der Waals surface area contributed by atoms with Crippen LogP contribution in [-0.4, -0.2) is 70.2 Å². The molecule has 0 spiro atoms. The second-order valence-corrected chi connectivity index (χ2v) is 8.34. The summed E-state index contributed by atoms with van der Waals surface area (Å²) in [5.74, 6) is 0.653. The fourth-order valence-electron chi connectivity index (χ4n) is 3.72. The lowest BCUT2D eigenvalue weighted by atomic mass is 10.2. The van der Waals surface area contributed by atoms with Gasteiger partial charge >= 0.3 is 0 Å². The van der Waals surface area contributed by atoms with E-state index in [1.807, 2.05) is 18.2 Å². The van der Waals surface area contributed by atoms with Crippen LogP contribution in [0.3, 0.4) is 0 Å². The molecular formula is C23H24N4O4S. The number of nitrogens with zero attached hydrogens (tertiary/aromatic N) is 4. The highest BCUT2D eigenvalue weighted by Crippen LogP contribution is 2.27. The van der Waals surface area contributed by atoms with Crippen LogP contribution in [0, 0.1) is 0 Å². The molecule has 9 heteroatoms. The van der Waals surface area contributed by atoms with Gasteiger partial charge in [0.15, 0.2) is 5.16 Å². The Labute approximate surface area is 189 Å². The maximum absolute atomic E-state index is 13.4. The van der Waals surface area contributed by atoms with Gasteiger partial charge in [0, 0.05) is 33.1 Å². The van der Waals surface area contributed by atoms with Crippen molar-refractivity contribution in [2.24, 2.45) is 0 Å². The molecule has 0 N–H and O–H groups in total. The maximum atomic E-state index is 13.4. The zero-order chi connectivity index (χ0) is 22.7. The van der Waals surface area contributed by atoms with Gasteiger partial charge in [-0.15, -0.1) is 0 Å². The average Bonchev–Trinajstić information content (AvgIpc) is 2.82. The Balaban J connectivity index is 1.64. The quantitative estimate of drug-likeness (QED) is 0.436. The van der Waals surface area contributed by atoms with Crippen LogP contribution >= 0.6 is 11.8 Å². The van der Waals surface area contributed by atoms with E-state index in [-0.39, 0.29) is 23.1 Å². The van der Waals surface area contributed by atoms with Crippen molar-refractivity contribution in [3.63, 3.8) is 0 Å². The molecule has 166 valence electrons. The second kappa shape index (κ2) is 9.44. The molecule has 1 aromatic heterocycles. The molecule has 0 unspecified atom stereocenters. The molecular weight excluding hydrogens is 428 g/mol. The van der Waals surface area contributed by atoms with Gasteiger partial charge in [0.25, 0.3) is 5.56 Å². The topological polar surface area (TPSA) is 84.7 Å². The van der Waals surface area contributed by atoms with Crippen molar-refractivity contribution in [3.05, 3.63) is 58.9 Å². The number of piperazine rings is 1. The monoisotopic (exact) mass is 452 g/mol. The summed E-state index contributed by atoms with van der Waals surface area (Å²) in [6, 6.07) is 14.4. The number of carbonyl (C=O) groups excluding carboxylic acids is 2. The molecule has 1 aliphatic rings. The first-order valence-electron chi connectivity index (χ1n) is 10.3. The van der Waals surface area contributed by atoms with Crippen LogP contribution in [0.5, 0.6) is 5.75 Å². The van der Waals surface area contributed by atoms with Crippen molar-refractivity contribution in [1.82, 2.24) is 19.4 Å². The molecule has 32 heavy (non-hydrogen) atoms. The van der Waals surface area contributed by atoms with E-state index in [0.717, 1.165) is 0 Å². The summed E-state index contributed by atoms with van der Waals surface area (Å²) < 4.78 is 6.97. The molecule has 2 amide bonds. The van der Waals surface area contributed by atoms with E-state index in [1.165, 1.54) is 23.3 Å². The van der Waals surface area contributed by atoms with Crippen LogP contribution < -0.4 is 10.3 Å². The Morgan fingerprint density at radius 3 is 2.38 bits per heavy atom. The highest BCUT2D eigenvalue weighted by molar-refractivity contribution is 7.99. The summed E-state index contributed by atoms with van der Waals surface area (Å²) in [4.78, 5) is 45.9. The Morgan fingerprint density at radius 1 is 1.00 bits per heavy atom. The number of ether oxygens (including phenoxy) is 1. The molecule has 3 aromatic rings. The normalized spacial score (nSPS) is 13.9. The van der Waals surface area contributed by atoms with Gasteiger partial charge in [-0.3, -0.25) is 19.0 Å². The first kappa shape index (κ1) is 21.9. The molecule has 8 nitrogen and oxygen atoms in total. The van der Waals surface area contributed by atoms with Crippen molar-refractivity contribution < 1.29 is 14.3 Å². The number of benzene rings is 2.